The van der Waals surface area contributed by atoms with Crippen molar-refractivity contribution in [1.29, 1.82) is 0 Å². The number of benzene rings is 9. The summed E-state index contributed by atoms with van der Waals surface area (Å²) in [5.74, 6) is 3.34. The van der Waals surface area contributed by atoms with Gasteiger partial charge >= 0.3 is 0 Å². The summed E-state index contributed by atoms with van der Waals surface area (Å²) in [6, 6.07) is 82.3. The SMILES string of the molecule is c1ccc(-c2nc(-c3ccccc3)nc(-c3cccc(-c4nc(-c5ccccc5)nc(-n5c6ccccc6c6ccc7c(c65)C(c5ccccc5)(c5ccccc5)c5ccccc5-7)n4)c3)n2)cc1. The van der Waals surface area contributed by atoms with Crippen LogP contribution in [0.15, 0.2) is 237 Å². The smallest absolute Gasteiger partial charge is 0.238 e. The average Bonchev–Trinajstić information content (AvgIpc) is 3.93. The zero-order valence-electron chi connectivity index (χ0n) is 36.6. The number of hydrogen-bond acceptors (Lipinski definition) is 6. The van der Waals surface area contributed by atoms with Crippen molar-refractivity contribution < 1.29 is 0 Å². The molecule has 12 aromatic rings. The lowest BCUT2D eigenvalue weighted by atomic mass is 9.67. The van der Waals surface area contributed by atoms with E-state index in [0.29, 0.717) is 35.1 Å². The van der Waals surface area contributed by atoms with Gasteiger partial charge in [-0.1, -0.05) is 224 Å². The number of hydrogen-bond donors (Lipinski definition) is 0. The van der Waals surface area contributed by atoms with Crippen LogP contribution in [0.2, 0.25) is 0 Å². The highest BCUT2D eigenvalue weighted by atomic mass is 15.2. The van der Waals surface area contributed by atoms with E-state index >= 15 is 0 Å². The van der Waals surface area contributed by atoms with Crippen LogP contribution in [-0.4, -0.2) is 34.5 Å². The van der Waals surface area contributed by atoms with Crippen LogP contribution in [0.1, 0.15) is 22.3 Å². The van der Waals surface area contributed by atoms with E-state index in [9.17, 15) is 0 Å². The van der Waals surface area contributed by atoms with Crippen LogP contribution >= 0.6 is 0 Å². The second-order valence-corrected chi connectivity index (χ2v) is 17.0. The Morgan fingerprint density at radius 3 is 1.29 bits per heavy atom. The molecule has 7 nitrogen and oxygen atoms in total. The second-order valence-electron chi connectivity index (χ2n) is 17.0. The minimum Gasteiger partial charge on any atom is -0.277 e. The Bertz CT molecular complexity index is 3740. The van der Waals surface area contributed by atoms with Gasteiger partial charge in [0.05, 0.1) is 16.4 Å². The molecule has 3 heterocycles. The molecule has 0 fully saturated rings. The summed E-state index contributed by atoms with van der Waals surface area (Å²) >= 11 is 0. The molecule has 0 spiro atoms. The standard InChI is InChI=1S/C61H39N7/c1-6-21-40(22-7-1)55-62-56(41-23-8-2-9-24-41)64-58(63-55)43-27-20-28-44(39-43)59-65-57(42-25-10-3-11-26-42)66-60(67-59)68-52-36-19-17-34-48(52)50-38-37-49-47-33-16-18-35-51(47)61(53(49)54(50)68,45-29-12-4-13-30-45)46-31-14-5-15-32-46/h1-39H. The molecule has 1 aliphatic carbocycles. The molecule has 3 aromatic heterocycles. The maximum absolute atomic E-state index is 5.49. The van der Waals surface area contributed by atoms with Gasteiger partial charge in [0.25, 0.3) is 0 Å². The number of rotatable bonds is 8. The van der Waals surface area contributed by atoms with Crippen molar-refractivity contribution >= 4 is 21.8 Å². The summed E-state index contributed by atoms with van der Waals surface area (Å²) in [5, 5.41) is 2.23. The molecular weight excluding hydrogens is 831 g/mol. The molecule has 0 atom stereocenters. The summed E-state index contributed by atoms with van der Waals surface area (Å²) in [6.45, 7) is 0. The lowest BCUT2D eigenvalue weighted by Crippen LogP contribution is -2.29. The van der Waals surface area contributed by atoms with Crippen LogP contribution in [-0.2, 0) is 5.41 Å². The molecule has 7 heteroatoms. The first-order chi connectivity index (χ1) is 33.7. The van der Waals surface area contributed by atoms with Crippen molar-refractivity contribution in [2.24, 2.45) is 0 Å². The molecule has 0 saturated heterocycles. The zero-order valence-corrected chi connectivity index (χ0v) is 36.6. The van der Waals surface area contributed by atoms with Gasteiger partial charge in [0, 0.05) is 44.2 Å². The first-order valence-corrected chi connectivity index (χ1v) is 22.8. The maximum Gasteiger partial charge on any atom is 0.238 e. The highest BCUT2D eigenvalue weighted by Gasteiger charge is 2.48. The number of fused-ring (bicyclic) bond motifs is 7. The lowest BCUT2D eigenvalue weighted by molar-refractivity contribution is 0.770. The van der Waals surface area contributed by atoms with Gasteiger partial charge < -0.3 is 0 Å². The van der Waals surface area contributed by atoms with Crippen molar-refractivity contribution in [3.8, 4) is 74.0 Å². The predicted octanol–water partition coefficient (Wildman–Crippen LogP) is 13.9. The Morgan fingerprint density at radius 2 is 0.735 bits per heavy atom. The predicted molar refractivity (Wildman–Crippen MR) is 272 cm³/mol. The topological polar surface area (TPSA) is 82.3 Å². The van der Waals surface area contributed by atoms with Crippen LogP contribution in [0.3, 0.4) is 0 Å². The second kappa shape index (κ2) is 16.0. The molecule has 1 aliphatic rings. The van der Waals surface area contributed by atoms with E-state index in [4.69, 9.17) is 29.9 Å². The molecule has 0 bridgehead atoms. The molecular formula is C61H39N7. The summed E-state index contributed by atoms with van der Waals surface area (Å²) in [7, 11) is 0. The molecule has 9 aromatic carbocycles. The quantitative estimate of drug-likeness (QED) is 0.151. The van der Waals surface area contributed by atoms with Gasteiger partial charge in [0.2, 0.25) is 5.95 Å². The van der Waals surface area contributed by atoms with Gasteiger partial charge in [-0.05, 0) is 39.9 Å². The maximum atomic E-state index is 5.49. The number of aromatic nitrogens is 7. The Hall–Kier alpha value is -9.20. The van der Waals surface area contributed by atoms with E-state index in [1.165, 1.54) is 33.4 Å². The molecule has 0 N–H and O–H groups in total. The van der Waals surface area contributed by atoms with Crippen molar-refractivity contribution in [1.82, 2.24) is 34.5 Å². The monoisotopic (exact) mass is 869 g/mol. The zero-order chi connectivity index (χ0) is 45.0. The first kappa shape index (κ1) is 39.2. The van der Waals surface area contributed by atoms with Crippen LogP contribution in [0, 0.1) is 0 Å². The highest BCUT2D eigenvalue weighted by Crippen LogP contribution is 2.59. The minimum absolute atomic E-state index is 0.516. The van der Waals surface area contributed by atoms with E-state index in [1.807, 2.05) is 97.1 Å². The fourth-order valence-electron chi connectivity index (χ4n) is 10.2. The van der Waals surface area contributed by atoms with E-state index in [1.54, 1.807) is 0 Å². The van der Waals surface area contributed by atoms with E-state index in [-0.39, 0.29) is 0 Å². The minimum atomic E-state index is -0.672. The number of para-hydroxylation sites is 1. The van der Waals surface area contributed by atoms with Gasteiger partial charge in [0.1, 0.15) is 0 Å². The average molecular weight is 870 g/mol. The summed E-state index contributed by atoms with van der Waals surface area (Å²) in [5.41, 5.74) is 12.9. The van der Waals surface area contributed by atoms with Crippen LogP contribution in [0.4, 0.5) is 0 Å². The van der Waals surface area contributed by atoms with Crippen LogP contribution < -0.4 is 0 Å². The molecule has 0 radical (unpaired) electrons. The lowest BCUT2D eigenvalue weighted by Gasteiger charge is -2.34. The van der Waals surface area contributed by atoms with Gasteiger partial charge in [-0.15, -0.1) is 0 Å². The Balaban J connectivity index is 1.08. The molecule has 0 unspecified atom stereocenters. The van der Waals surface area contributed by atoms with Crippen molar-refractivity contribution in [2.75, 3.05) is 0 Å². The summed E-state index contributed by atoms with van der Waals surface area (Å²) in [6.07, 6.45) is 0. The third-order valence-electron chi connectivity index (χ3n) is 13.2. The molecule has 0 aliphatic heterocycles. The fraction of sp³-hybridized carbons (Fsp3) is 0.0164. The molecule has 318 valence electrons. The fourth-order valence-corrected chi connectivity index (χ4v) is 10.2. The molecule has 0 saturated carbocycles. The molecule has 0 amide bonds. The summed E-state index contributed by atoms with van der Waals surface area (Å²) < 4.78 is 2.28. The first-order valence-electron chi connectivity index (χ1n) is 22.8. The van der Waals surface area contributed by atoms with Gasteiger partial charge in [-0.25, -0.2) is 19.9 Å². The number of nitrogens with zero attached hydrogens (tertiary/aromatic N) is 7. The van der Waals surface area contributed by atoms with Gasteiger partial charge in [-0.2, -0.15) is 9.97 Å². The molecule has 68 heavy (non-hydrogen) atoms. The Morgan fingerprint density at radius 1 is 0.309 bits per heavy atom. The van der Waals surface area contributed by atoms with E-state index < -0.39 is 5.41 Å². The van der Waals surface area contributed by atoms with E-state index in [2.05, 4.69) is 144 Å². The highest BCUT2D eigenvalue weighted by molar-refractivity contribution is 6.13. The molecule has 13 rings (SSSR count). The van der Waals surface area contributed by atoms with Gasteiger partial charge in [-0.3, -0.25) is 4.57 Å². The third-order valence-corrected chi connectivity index (χ3v) is 13.2. The Labute approximate surface area is 392 Å². The Kier molecular flexibility index (Phi) is 9.25. The summed E-state index contributed by atoms with van der Waals surface area (Å²) in [4.78, 5) is 31.2. The largest absolute Gasteiger partial charge is 0.277 e. The third kappa shape index (κ3) is 6.28. The van der Waals surface area contributed by atoms with Gasteiger partial charge in [0.15, 0.2) is 29.1 Å². The van der Waals surface area contributed by atoms with Crippen molar-refractivity contribution in [3.05, 3.63) is 259 Å². The van der Waals surface area contributed by atoms with Crippen molar-refractivity contribution in [3.63, 3.8) is 0 Å². The van der Waals surface area contributed by atoms with E-state index in [0.717, 1.165) is 49.6 Å². The van der Waals surface area contributed by atoms with Crippen LogP contribution in [0.25, 0.3) is 95.8 Å². The normalized spacial score (nSPS) is 12.5. The van der Waals surface area contributed by atoms with Crippen LogP contribution in [0.5, 0.6) is 0 Å². The van der Waals surface area contributed by atoms with Crippen molar-refractivity contribution in [2.45, 2.75) is 5.41 Å².